The van der Waals surface area contributed by atoms with E-state index in [-0.39, 0.29) is 0 Å². The largest absolute Gasteiger partial charge is 0.313 e. The summed E-state index contributed by atoms with van der Waals surface area (Å²) in [5.74, 6) is 0. The fraction of sp³-hybridized carbons (Fsp3) is 1.00. The Morgan fingerprint density at radius 1 is 1.18 bits per heavy atom. The molecule has 0 aromatic rings. The van der Waals surface area contributed by atoms with Crippen molar-refractivity contribution in [3.63, 3.8) is 0 Å². The molecule has 11 heavy (non-hydrogen) atoms. The van der Waals surface area contributed by atoms with Crippen molar-refractivity contribution in [3.8, 4) is 0 Å². The lowest BCUT2D eigenvalue weighted by atomic mass is 9.65. The second kappa shape index (κ2) is 2.01. The van der Waals surface area contributed by atoms with Crippen LogP contribution in [0.15, 0.2) is 0 Å². The Bertz CT molecular complexity index is 174. The second-order valence-electron chi connectivity index (χ2n) is 5.64. The summed E-state index contributed by atoms with van der Waals surface area (Å²) in [6, 6.07) is 0.823. The molecule has 1 aliphatic carbocycles. The van der Waals surface area contributed by atoms with Crippen LogP contribution in [0.1, 0.15) is 40.0 Å². The Hall–Kier alpha value is -0.0400. The third-order valence-electron chi connectivity index (χ3n) is 3.26. The van der Waals surface area contributed by atoms with Crippen molar-refractivity contribution in [1.29, 1.82) is 0 Å². The van der Waals surface area contributed by atoms with E-state index in [1.807, 2.05) is 0 Å². The first-order valence-corrected chi connectivity index (χ1v) is 4.73. The molecule has 0 unspecified atom stereocenters. The van der Waals surface area contributed by atoms with Gasteiger partial charge in [0, 0.05) is 12.6 Å². The van der Waals surface area contributed by atoms with Crippen molar-refractivity contribution >= 4 is 0 Å². The predicted molar refractivity (Wildman–Crippen MR) is 47.5 cm³/mol. The first-order chi connectivity index (χ1) is 4.99. The van der Waals surface area contributed by atoms with Crippen molar-refractivity contribution in [3.05, 3.63) is 0 Å². The van der Waals surface area contributed by atoms with E-state index in [1.54, 1.807) is 0 Å². The van der Waals surface area contributed by atoms with Gasteiger partial charge in [0.25, 0.3) is 0 Å². The summed E-state index contributed by atoms with van der Waals surface area (Å²) in [6.07, 6.45) is 4.20. The van der Waals surface area contributed by atoms with Gasteiger partial charge < -0.3 is 5.32 Å². The lowest BCUT2D eigenvalue weighted by Gasteiger charge is -2.39. The Morgan fingerprint density at radius 3 is 2.55 bits per heavy atom. The maximum atomic E-state index is 3.61. The highest BCUT2D eigenvalue weighted by Gasteiger charge is 2.45. The van der Waals surface area contributed by atoms with Crippen molar-refractivity contribution in [2.75, 3.05) is 6.54 Å². The van der Waals surface area contributed by atoms with E-state index in [1.165, 1.54) is 25.8 Å². The maximum absolute atomic E-state index is 3.61. The molecular formula is C10H19N. The van der Waals surface area contributed by atoms with Crippen LogP contribution < -0.4 is 5.32 Å². The van der Waals surface area contributed by atoms with E-state index in [0.29, 0.717) is 10.8 Å². The lowest BCUT2D eigenvalue weighted by Crippen LogP contribution is -2.33. The van der Waals surface area contributed by atoms with Crippen LogP contribution in [0.4, 0.5) is 0 Å². The molecule has 0 aromatic carbocycles. The number of hydrogen-bond acceptors (Lipinski definition) is 1. The topological polar surface area (TPSA) is 12.0 Å². The van der Waals surface area contributed by atoms with E-state index in [0.717, 1.165) is 6.04 Å². The average molecular weight is 153 g/mol. The van der Waals surface area contributed by atoms with E-state index >= 15 is 0 Å². The molecule has 1 heterocycles. The van der Waals surface area contributed by atoms with E-state index in [2.05, 4.69) is 26.1 Å². The molecule has 1 aliphatic heterocycles. The summed E-state index contributed by atoms with van der Waals surface area (Å²) in [6.45, 7) is 8.50. The number of hydrogen-bond donors (Lipinski definition) is 1. The van der Waals surface area contributed by atoms with Crippen LogP contribution in [0.5, 0.6) is 0 Å². The van der Waals surface area contributed by atoms with Crippen LogP contribution in [0.2, 0.25) is 0 Å². The van der Waals surface area contributed by atoms with Crippen molar-refractivity contribution in [2.45, 2.75) is 46.1 Å². The standard InChI is InChI=1S/C10H19N/c1-9(2)4-8-5-10(3,6-9)7-11-8/h8,11H,4-7H2,1-3H3/t8-,10+/m0/s1. The Labute approximate surface area is 69.6 Å². The van der Waals surface area contributed by atoms with Gasteiger partial charge in [0.15, 0.2) is 0 Å². The Morgan fingerprint density at radius 2 is 1.91 bits per heavy atom. The van der Waals surface area contributed by atoms with Crippen LogP contribution in [-0.4, -0.2) is 12.6 Å². The Balaban J connectivity index is 2.19. The van der Waals surface area contributed by atoms with Gasteiger partial charge in [-0.25, -0.2) is 0 Å². The quantitative estimate of drug-likeness (QED) is 0.562. The lowest BCUT2D eigenvalue weighted by molar-refractivity contribution is 0.135. The highest BCUT2D eigenvalue weighted by molar-refractivity contribution is 5.00. The third-order valence-corrected chi connectivity index (χ3v) is 3.26. The van der Waals surface area contributed by atoms with E-state index in [4.69, 9.17) is 0 Å². The predicted octanol–water partition coefficient (Wildman–Crippen LogP) is 2.17. The minimum Gasteiger partial charge on any atom is -0.313 e. The molecular weight excluding hydrogens is 134 g/mol. The normalized spacial score (nSPS) is 47.7. The SMILES string of the molecule is CC1(C)C[C@H]2C[C@@](C)(CN2)C1. The van der Waals surface area contributed by atoms with Crippen molar-refractivity contribution in [1.82, 2.24) is 5.32 Å². The van der Waals surface area contributed by atoms with Crippen LogP contribution in [0.25, 0.3) is 0 Å². The fourth-order valence-electron chi connectivity index (χ4n) is 3.30. The molecule has 2 atom stereocenters. The summed E-state index contributed by atoms with van der Waals surface area (Å²) >= 11 is 0. The molecule has 0 radical (unpaired) electrons. The van der Waals surface area contributed by atoms with Gasteiger partial charge in [-0.3, -0.25) is 0 Å². The molecule has 2 rings (SSSR count). The number of nitrogens with one attached hydrogen (secondary N) is 1. The van der Waals surface area contributed by atoms with E-state index < -0.39 is 0 Å². The molecule has 2 aliphatic rings. The van der Waals surface area contributed by atoms with Gasteiger partial charge in [0.1, 0.15) is 0 Å². The van der Waals surface area contributed by atoms with Crippen LogP contribution in [0, 0.1) is 10.8 Å². The zero-order chi connectivity index (χ0) is 8.11. The van der Waals surface area contributed by atoms with Gasteiger partial charge in [-0.2, -0.15) is 0 Å². The molecule has 0 aromatic heterocycles. The third kappa shape index (κ3) is 1.31. The highest BCUT2D eigenvalue weighted by atomic mass is 15.0. The minimum atomic E-state index is 0.584. The molecule has 1 nitrogen and oxygen atoms in total. The number of fused-ring (bicyclic) bond motifs is 2. The van der Waals surface area contributed by atoms with Gasteiger partial charge in [-0.15, -0.1) is 0 Å². The number of rotatable bonds is 0. The summed E-state index contributed by atoms with van der Waals surface area (Å²) in [5, 5.41) is 3.61. The summed E-state index contributed by atoms with van der Waals surface area (Å²) in [5.41, 5.74) is 1.20. The average Bonchev–Trinajstić information content (AvgIpc) is 2.03. The second-order valence-corrected chi connectivity index (χ2v) is 5.64. The molecule has 2 bridgehead atoms. The van der Waals surface area contributed by atoms with Gasteiger partial charge in [0.2, 0.25) is 0 Å². The summed E-state index contributed by atoms with van der Waals surface area (Å²) < 4.78 is 0. The monoisotopic (exact) mass is 153 g/mol. The smallest absolute Gasteiger partial charge is 0.00780 e. The molecule has 0 amide bonds. The van der Waals surface area contributed by atoms with Crippen LogP contribution >= 0.6 is 0 Å². The molecule has 1 saturated heterocycles. The molecule has 2 fully saturated rings. The highest BCUT2D eigenvalue weighted by Crippen LogP contribution is 2.48. The van der Waals surface area contributed by atoms with Gasteiger partial charge in [-0.1, -0.05) is 20.8 Å². The molecule has 1 saturated carbocycles. The van der Waals surface area contributed by atoms with Gasteiger partial charge in [0.05, 0.1) is 0 Å². The van der Waals surface area contributed by atoms with Crippen LogP contribution in [-0.2, 0) is 0 Å². The fourth-order valence-corrected chi connectivity index (χ4v) is 3.30. The Kier molecular flexibility index (Phi) is 1.39. The first kappa shape index (κ1) is 7.60. The van der Waals surface area contributed by atoms with Crippen LogP contribution in [0.3, 0.4) is 0 Å². The van der Waals surface area contributed by atoms with Gasteiger partial charge >= 0.3 is 0 Å². The van der Waals surface area contributed by atoms with E-state index in [9.17, 15) is 0 Å². The molecule has 0 spiro atoms. The first-order valence-electron chi connectivity index (χ1n) is 4.73. The van der Waals surface area contributed by atoms with Gasteiger partial charge in [-0.05, 0) is 30.1 Å². The maximum Gasteiger partial charge on any atom is 0.00780 e. The minimum absolute atomic E-state index is 0.584. The van der Waals surface area contributed by atoms with Crippen molar-refractivity contribution < 1.29 is 0 Å². The zero-order valence-corrected chi connectivity index (χ0v) is 7.91. The molecule has 1 heteroatoms. The summed E-state index contributed by atoms with van der Waals surface area (Å²) in [4.78, 5) is 0. The zero-order valence-electron chi connectivity index (χ0n) is 7.91. The molecule has 64 valence electrons. The molecule has 1 N–H and O–H groups in total. The van der Waals surface area contributed by atoms with Crippen molar-refractivity contribution in [2.24, 2.45) is 10.8 Å². The summed E-state index contributed by atoms with van der Waals surface area (Å²) in [7, 11) is 0.